The van der Waals surface area contributed by atoms with Gasteiger partial charge in [-0.25, -0.2) is 15.0 Å². The van der Waals surface area contributed by atoms with Crippen LogP contribution in [-0.2, 0) is 0 Å². The molecule has 0 saturated carbocycles. The number of hydrogen-bond donors (Lipinski definition) is 0. The molecule has 0 aliphatic heterocycles. The molecule has 3 heterocycles. The summed E-state index contributed by atoms with van der Waals surface area (Å²) in [5.74, 6) is 1.88. The molecule has 5 heteroatoms. The van der Waals surface area contributed by atoms with E-state index < -0.39 is 0 Å². The number of aromatic nitrogens is 4. The van der Waals surface area contributed by atoms with E-state index in [1.807, 2.05) is 11.3 Å². The lowest BCUT2D eigenvalue weighted by Gasteiger charge is -2.18. The molecular formula is C63H38N4S. The molecule has 14 rings (SSSR count). The van der Waals surface area contributed by atoms with E-state index in [0.29, 0.717) is 17.5 Å². The van der Waals surface area contributed by atoms with Gasteiger partial charge < -0.3 is 4.57 Å². The standard InChI is InChI=1S/C63H38N4S/c1-3-16-39(17-4-1)41-30-32-42(33-31-41)61-64-62(48-25-15-24-43(34-48)40-18-5-2-6-19-40)66-63(65-61)58-49-26-11-12-27-50(49)59(60-57(58)51-28-13-14-29-56(51)68-60)67-54-37-46-22-9-7-20-44(46)35-52(54)53-36-45-21-8-10-23-47(45)38-55(53)67/h1-38H. The van der Waals surface area contributed by atoms with Crippen LogP contribution in [0.2, 0.25) is 0 Å². The van der Waals surface area contributed by atoms with Crippen molar-refractivity contribution in [3.63, 3.8) is 0 Å². The Labute approximate surface area is 395 Å². The quantitative estimate of drug-likeness (QED) is 0.167. The number of fused-ring (bicyclic) bond motifs is 9. The van der Waals surface area contributed by atoms with E-state index in [4.69, 9.17) is 15.0 Å². The largest absolute Gasteiger partial charge is 0.307 e. The van der Waals surface area contributed by atoms with Crippen molar-refractivity contribution in [1.29, 1.82) is 0 Å². The Hall–Kier alpha value is -8.77. The molecule has 3 aromatic heterocycles. The van der Waals surface area contributed by atoms with Gasteiger partial charge in [-0.1, -0.05) is 194 Å². The fraction of sp³-hybridized carbons (Fsp3) is 0. The van der Waals surface area contributed by atoms with E-state index in [1.165, 1.54) is 58.1 Å². The van der Waals surface area contributed by atoms with Crippen LogP contribution in [0, 0.1) is 0 Å². The molecule has 0 spiro atoms. The zero-order valence-corrected chi connectivity index (χ0v) is 37.5. The average molecular weight is 883 g/mol. The maximum absolute atomic E-state index is 5.52. The molecule has 4 nitrogen and oxygen atoms in total. The van der Waals surface area contributed by atoms with Crippen LogP contribution in [0.25, 0.3) is 136 Å². The minimum absolute atomic E-state index is 0.622. The Morgan fingerprint density at radius 1 is 0.309 bits per heavy atom. The van der Waals surface area contributed by atoms with Crippen LogP contribution in [0.1, 0.15) is 0 Å². The van der Waals surface area contributed by atoms with Crippen LogP contribution >= 0.6 is 11.3 Å². The van der Waals surface area contributed by atoms with Crippen LogP contribution in [0.3, 0.4) is 0 Å². The topological polar surface area (TPSA) is 43.6 Å². The number of hydrogen-bond acceptors (Lipinski definition) is 4. The van der Waals surface area contributed by atoms with Crippen molar-refractivity contribution in [3.05, 3.63) is 231 Å². The van der Waals surface area contributed by atoms with E-state index in [9.17, 15) is 0 Å². The molecule has 0 atom stereocenters. The monoisotopic (exact) mass is 882 g/mol. The highest BCUT2D eigenvalue weighted by molar-refractivity contribution is 7.26. The van der Waals surface area contributed by atoms with Gasteiger partial charge >= 0.3 is 0 Å². The molecule has 14 aromatic rings. The highest BCUT2D eigenvalue weighted by Crippen LogP contribution is 2.50. The van der Waals surface area contributed by atoms with Gasteiger partial charge in [0, 0.05) is 48.3 Å². The maximum Gasteiger partial charge on any atom is 0.165 e. The average Bonchev–Trinajstić information content (AvgIpc) is 3.94. The van der Waals surface area contributed by atoms with Gasteiger partial charge in [-0.2, -0.15) is 0 Å². The van der Waals surface area contributed by atoms with Gasteiger partial charge in [-0.05, 0) is 85.6 Å². The van der Waals surface area contributed by atoms with Crippen LogP contribution in [0.15, 0.2) is 231 Å². The Bertz CT molecular complexity index is 4210. The van der Waals surface area contributed by atoms with Gasteiger partial charge in [0.15, 0.2) is 17.5 Å². The molecule has 316 valence electrons. The van der Waals surface area contributed by atoms with Crippen molar-refractivity contribution in [1.82, 2.24) is 19.5 Å². The predicted molar refractivity (Wildman–Crippen MR) is 287 cm³/mol. The van der Waals surface area contributed by atoms with E-state index in [2.05, 4.69) is 235 Å². The number of benzene rings is 11. The second kappa shape index (κ2) is 15.4. The lowest BCUT2D eigenvalue weighted by Crippen LogP contribution is -2.03. The highest BCUT2D eigenvalue weighted by Gasteiger charge is 2.26. The van der Waals surface area contributed by atoms with E-state index >= 15 is 0 Å². The summed E-state index contributed by atoms with van der Waals surface area (Å²) in [7, 11) is 0. The minimum atomic E-state index is 0.622. The van der Waals surface area contributed by atoms with Gasteiger partial charge in [-0.15, -0.1) is 11.3 Å². The zero-order valence-electron chi connectivity index (χ0n) is 36.6. The molecule has 0 bridgehead atoms. The van der Waals surface area contributed by atoms with Crippen LogP contribution in [-0.4, -0.2) is 19.5 Å². The summed E-state index contributed by atoms with van der Waals surface area (Å²) in [5, 5.41) is 11.9. The van der Waals surface area contributed by atoms with E-state index in [0.717, 1.165) is 60.8 Å². The summed E-state index contributed by atoms with van der Waals surface area (Å²) in [5.41, 5.74) is 10.9. The molecule has 0 radical (unpaired) electrons. The molecule has 0 unspecified atom stereocenters. The maximum atomic E-state index is 5.52. The van der Waals surface area contributed by atoms with Crippen molar-refractivity contribution in [2.45, 2.75) is 0 Å². The zero-order chi connectivity index (χ0) is 44.7. The fourth-order valence-corrected chi connectivity index (χ4v) is 11.6. The molecule has 0 aliphatic rings. The molecule has 0 saturated heterocycles. The van der Waals surface area contributed by atoms with Crippen molar-refractivity contribution >= 4 is 85.6 Å². The molecule has 0 aliphatic carbocycles. The summed E-state index contributed by atoms with van der Waals surface area (Å²) in [6, 6.07) is 82.8. The Balaban J connectivity index is 1.09. The van der Waals surface area contributed by atoms with Crippen LogP contribution in [0.4, 0.5) is 0 Å². The Kier molecular flexibility index (Phi) is 8.73. The first kappa shape index (κ1) is 38.5. The SMILES string of the molecule is c1ccc(-c2ccc(-c3nc(-c4cccc(-c5ccccc5)c4)nc(-c4c5ccccc5c(-n5c6cc7ccccc7cc6c6cc7ccccc7cc65)c5sc6ccccc6c45)n3)cc2)cc1. The first-order chi connectivity index (χ1) is 33.7. The van der Waals surface area contributed by atoms with Gasteiger partial charge in [0.1, 0.15) is 0 Å². The first-order valence-electron chi connectivity index (χ1n) is 23.0. The fourth-order valence-electron chi connectivity index (χ4n) is 10.4. The minimum Gasteiger partial charge on any atom is -0.307 e. The second-order valence-electron chi connectivity index (χ2n) is 17.5. The van der Waals surface area contributed by atoms with Gasteiger partial charge in [0.05, 0.1) is 21.4 Å². The third kappa shape index (κ3) is 6.17. The smallest absolute Gasteiger partial charge is 0.165 e. The lowest BCUT2D eigenvalue weighted by atomic mass is 9.95. The molecule has 68 heavy (non-hydrogen) atoms. The lowest BCUT2D eigenvalue weighted by molar-refractivity contribution is 1.08. The molecular weight excluding hydrogens is 845 g/mol. The summed E-state index contributed by atoms with van der Waals surface area (Å²) in [4.78, 5) is 16.3. The normalized spacial score (nSPS) is 11.8. The van der Waals surface area contributed by atoms with Gasteiger partial charge in [-0.3, -0.25) is 0 Å². The van der Waals surface area contributed by atoms with Crippen molar-refractivity contribution in [2.75, 3.05) is 0 Å². The van der Waals surface area contributed by atoms with Gasteiger partial charge in [0.25, 0.3) is 0 Å². The Morgan fingerprint density at radius 2 is 0.765 bits per heavy atom. The van der Waals surface area contributed by atoms with Crippen molar-refractivity contribution in [3.8, 4) is 62.1 Å². The molecule has 0 N–H and O–H groups in total. The summed E-state index contributed by atoms with van der Waals surface area (Å²) >= 11 is 1.84. The van der Waals surface area contributed by atoms with E-state index in [-0.39, 0.29) is 0 Å². The van der Waals surface area contributed by atoms with Crippen LogP contribution < -0.4 is 0 Å². The third-order valence-electron chi connectivity index (χ3n) is 13.6. The molecule has 11 aromatic carbocycles. The molecule has 0 amide bonds. The molecule has 0 fully saturated rings. The third-order valence-corrected chi connectivity index (χ3v) is 14.8. The highest BCUT2D eigenvalue weighted by atomic mass is 32.1. The van der Waals surface area contributed by atoms with Gasteiger partial charge in [0.2, 0.25) is 0 Å². The summed E-state index contributed by atoms with van der Waals surface area (Å²) < 4.78 is 4.93. The Morgan fingerprint density at radius 3 is 1.41 bits per heavy atom. The summed E-state index contributed by atoms with van der Waals surface area (Å²) in [6.45, 7) is 0. The summed E-state index contributed by atoms with van der Waals surface area (Å²) in [6.07, 6.45) is 0. The number of thiophene rings is 1. The van der Waals surface area contributed by atoms with Crippen molar-refractivity contribution < 1.29 is 0 Å². The predicted octanol–water partition coefficient (Wildman–Crippen LogP) is 17.1. The van der Waals surface area contributed by atoms with E-state index in [1.54, 1.807) is 0 Å². The van der Waals surface area contributed by atoms with Crippen LogP contribution in [0.5, 0.6) is 0 Å². The number of rotatable bonds is 6. The second-order valence-corrected chi connectivity index (χ2v) is 18.6. The number of nitrogens with zero attached hydrogens (tertiary/aromatic N) is 4. The first-order valence-corrected chi connectivity index (χ1v) is 23.8. The van der Waals surface area contributed by atoms with Crippen molar-refractivity contribution in [2.24, 2.45) is 0 Å².